The zero-order valence-corrected chi connectivity index (χ0v) is 18.9. The zero-order chi connectivity index (χ0) is 23.5. The smallest absolute Gasteiger partial charge is 0.251 e. The molecule has 2 aromatic heterocycles. The summed E-state index contributed by atoms with van der Waals surface area (Å²) in [5.74, 6) is 0.863. The van der Waals surface area contributed by atoms with Gasteiger partial charge in [-0.25, -0.2) is 18.1 Å². The molecule has 4 aromatic rings. The summed E-state index contributed by atoms with van der Waals surface area (Å²) in [6.45, 7) is 0.606. The van der Waals surface area contributed by atoms with Crippen LogP contribution < -0.4 is 19.5 Å². The first-order valence-electron chi connectivity index (χ1n) is 10.7. The third-order valence-electron chi connectivity index (χ3n) is 5.39. The number of imidazole rings is 1. The number of rotatable bonds is 8. The molecular formula is C24H22N4O5S. The average Bonchev–Trinajstić information content (AvgIpc) is 3.49. The van der Waals surface area contributed by atoms with Gasteiger partial charge in [-0.3, -0.25) is 4.79 Å². The Morgan fingerprint density at radius 1 is 1.03 bits per heavy atom. The lowest BCUT2D eigenvalue weighted by Crippen LogP contribution is -2.27. The van der Waals surface area contributed by atoms with Gasteiger partial charge >= 0.3 is 0 Å². The molecule has 2 N–H and O–H groups in total. The molecule has 0 atom stereocenters. The summed E-state index contributed by atoms with van der Waals surface area (Å²) in [5, 5.41) is 2.82. The number of nitrogens with zero attached hydrogens (tertiary/aromatic N) is 2. The highest BCUT2D eigenvalue weighted by Crippen LogP contribution is 2.32. The van der Waals surface area contributed by atoms with E-state index < -0.39 is 10.0 Å². The number of amides is 1. The molecule has 34 heavy (non-hydrogen) atoms. The maximum absolute atomic E-state index is 12.8. The second-order valence-corrected chi connectivity index (χ2v) is 9.51. The minimum absolute atomic E-state index is 0.0150. The molecule has 10 heteroatoms. The fourth-order valence-electron chi connectivity index (χ4n) is 3.63. The Morgan fingerprint density at radius 3 is 2.79 bits per heavy atom. The van der Waals surface area contributed by atoms with Crippen molar-refractivity contribution in [3.63, 3.8) is 0 Å². The number of benzene rings is 2. The normalized spacial score (nSPS) is 12.7. The van der Waals surface area contributed by atoms with Crippen molar-refractivity contribution in [2.75, 3.05) is 13.3 Å². The Morgan fingerprint density at radius 2 is 1.91 bits per heavy atom. The molecule has 1 aliphatic heterocycles. The van der Waals surface area contributed by atoms with Gasteiger partial charge < -0.3 is 19.2 Å². The average molecular weight is 479 g/mol. The van der Waals surface area contributed by atoms with Gasteiger partial charge in [-0.15, -0.1) is 0 Å². The minimum atomic E-state index is -3.82. The molecule has 174 valence electrons. The van der Waals surface area contributed by atoms with Crippen LogP contribution in [0, 0.1) is 0 Å². The van der Waals surface area contributed by atoms with Crippen LogP contribution in [0.15, 0.2) is 78.0 Å². The van der Waals surface area contributed by atoms with E-state index >= 15 is 0 Å². The Hall–Kier alpha value is -3.89. The van der Waals surface area contributed by atoms with Gasteiger partial charge in [-0.05, 0) is 48.0 Å². The van der Waals surface area contributed by atoms with Gasteiger partial charge in [0.2, 0.25) is 16.8 Å². The van der Waals surface area contributed by atoms with Crippen molar-refractivity contribution in [1.29, 1.82) is 0 Å². The Labute approximate surface area is 196 Å². The first kappa shape index (κ1) is 21.9. The van der Waals surface area contributed by atoms with Crippen molar-refractivity contribution < 1.29 is 22.7 Å². The van der Waals surface area contributed by atoms with Crippen molar-refractivity contribution in [3.05, 3.63) is 89.9 Å². The summed E-state index contributed by atoms with van der Waals surface area (Å²) >= 11 is 0. The number of sulfonamides is 1. The van der Waals surface area contributed by atoms with Gasteiger partial charge in [0.05, 0.1) is 10.6 Å². The monoisotopic (exact) mass is 478 g/mol. The molecule has 0 fully saturated rings. The van der Waals surface area contributed by atoms with Crippen LogP contribution in [0.3, 0.4) is 0 Å². The van der Waals surface area contributed by atoms with E-state index in [1.54, 1.807) is 30.3 Å². The standard InChI is InChI=1S/C24H22N4O5S/c29-24(25-10-9-19-15-28-11-2-1-6-23(28)27-19)18-4-3-5-20(13-18)34(30,31)26-14-17-7-8-21-22(12-17)33-16-32-21/h1-8,11-13,15,26H,9-10,14,16H2,(H,25,29). The molecule has 1 amide bonds. The highest BCUT2D eigenvalue weighted by Gasteiger charge is 2.18. The molecule has 3 heterocycles. The first-order chi connectivity index (χ1) is 16.5. The number of aromatic nitrogens is 2. The number of fused-ring (bicyclic) bond motifs is 2. The molecular weight excluding hydrogens is 456 g/mol. The van der Waals surface area contributed by atoms with Gasteiger partial charge in [0, 0.05) is 37.5 Å². The van der Waals surface area contributed by atoms with Gasteiger partial charge in [0.25, 0.3) is 5.91 Å². The van der Waals surface area contributed by atoms with Crippen LogP contribution in [-0.2, 0) is 23.0 Å². The second-order valence-electron chi connectivity index (χ2n) is 7.74. The van der Waals surface area contributed by atoms with Crippen molar-refractivity contribution >= 4 is 21.6 Å². The number of pyridine rings is 1. The summed E-state index contributed by atoms with van der Waals surface area (Å²) < 4.78 is 40.6. The van der Waals surface area contributed by atoms with E-state index in [1.807, 2.05) is 35.0 Å². The van der Waals surface area contributed by atoms with Gasteiger partial charge in [0.15, 0.2) is 11.5 Å². The highest BCUT2D eigenvalue weighted by atomic mass is 32.2. The lowest BCUT2D eigenvalue weighted by molar-refractivity contribution is 0.0954. The van der Waals surface area contributed by atoms with E-state index in [1.165, 1.54) is 12.1 Å². The molecule has 0 unspecified atom stereocenters. The summed E-state index contributed by atoms with van der Waals surface area (Å²) in [6.07, 6.45) is 4.39. The Bertz CT molecular complexity index is 1430. The molecule has 0 spiro atoms. The molecule has 9 nitrogen and oxygen atoms in total. The fourth-order valence-corrected chi connectivity index (χ4v) is 4.69. The van der Waals surface area contributed by atoms with Gasteiger partial charge in [0.1, 0.15) is 5.65 Å². The van der Waals surface area contributed by atoms with Gasteiger partial charge in [-0.1, -0.05) is 18.2 Å². The third kappa shape index (κ3) is 4.73. The van der Waals surface area contributed by atoms with E-state index in [0.29, 0.717) is 24.5 Å². The summed E-state index contributed by atoms with van der Waals surface area (Å²) in [5.41, 5.74) is 2.69. The zero-order valence-electron chi connectivity index (χ0n) is 18.1. The molecule has 0 radical (unpaired) electrons. The SMILES string of the molecule is O=C(NCCc1cn2ccccc2n1)c1cccc(S(=O)(=O)NCc2ccc3c(c2)OCO3)c1. The van der Waals surface area contributed by atoms with Gasteiger partial charge in [-0.2, -0.15) is 0 Å². The molecule has 0 saturated heterocycles. The predicted molar refractivity (Wildman–Crippen MR) is 124 cm³/mol. The van der Waals surface area contributed by atoms with Crippen molar-refractivity contribution in [3.8, 4) is 11.5 Å². The largest absolute Gasteiger partial charge is 0.454 e. The van der Waals surface area contributed by atoms with Crippen LogP contribution in [0.2, 0.25) is 0 Å². The van der Waals surface area contributed by atoms with E-state index in [2.05, 4.69) is 15.0 Å². The minimum Gasteiger partial charge on any atom is -0.454 e. The van der Waals surface area contributed by atoms with Crippen molar-refractivity contribution in [2.24, 2.45) is 0 Å². The van der Waals surface area contributed by atoms with E-state index in [4.69, 9.17) is 9.47 Å². The molecule has 0 aliphatic carbocycles. The molecule has 0 bridgehead atoms. The van der Waals surface area contributed by atoms with Crippen LogP contribution in [0.1, 0.15) is 21.6 Å². The van der Waals surface area contributed by atoms with Crippen molar-refractivity contribution in [1.82, 2.24) is 19.4 Å². The van der Waals surface area contributed by atoms with Crippen LogP contribution in [0.5, 0.6) is 11.5 Å². The fraction of sp³-hybridized carbons (Fsp3) is 0.167. The summed E-state index contributed by atoms with van der Waals surface area (Å²) in [4.78, 5) is 17.1. The van der Waals surface area contributed by atoms with Crippen LogP contribution in [0.25, 0.3) is 5.65 Å². The summed E-state index contributed by atoms with van der Waals surface area (Å²) in [6, 6.07) is 16.9. The van der Waals surface area contributed by atoms with Crippen LogP contribution >= 0.6 is 0 Å². The number of carbonyl (C=O) groups excluding carboxylic acids is 1. The highest BCUT2D eigenvalue weighted by molar-refractivity contribution is 7.89. The number of ether oxygens (including phenoxy) is 2. The number of carbonyl (C=O) groups is 1. The number of hydrogen-bond acceptors (Lipinski definition) is 6. The topological polar surface area (TPSA) is 111 Å². The predicted octanol–water partition coefficient (Wildman–Crippen LogP) is 2.51. The third-order valence-corrected chi connectivity index (χ3v) is 6.79. The Kier molecular flexibility index (Phi) is 5.91. The van der Waals surface area contributed by atoms with Crippen LogP contribution in [-0.4, -0.2) is 37.0 Å². The van der Waals surface area contributed by atoms with E-state index in [-0.39, 0.29) is 29.7 Å². The maximum Gasteiger partial charge on any atom is 0.251 e. The number of nitrogens with one attached hydrogen (secondary N) is 2. The molecule has 1 aliphatic rings. The molecule has 5 rings (SSSR count). The lowest BCUT2D eigenvalue weighted by Gasteiger charge is -2.09. The number of hydrogen-bond donors (Lipinski definition) is 2. The maximum atomic E-state index is 12.8. The summed E-state index contributed by atoms with van der Waals surface area (Å²) in [7, 11) is -3.82. The Balaban J connectivity index is 1.19. The first-order valence-corrected chi connectivity index (χ1v) is 12.2. The van der Waals surface area contributed by atoms with E-state index in [0.717, 1.165) is 16.9 Å². The van der Waals surface area contributed by atoms with Crippen molar-refractivity contribution in [2.45, 2.75) is 17.9 Å². The quantitative estimate of drug-likeness (QED) is 0.403. The molecule has 0 saturated carbocycles. The van der Waals surface area contributed by atoms with Crippen LogP contribution in [0.4, 0.5) is 0 Å². The van der Waals surface area contributed by atoms with E-state index in [9.17, 15) is 13.2 Å². The molecule has 2 aromatic carbocycles. The lowest BCUT2D eigenvalue weighted by atomic mass is 10.2. The second kappa shape index (κ2) is 9.16.